The fraction of sp³-hybridized carbons (Fsp3) is 0. The molecule has 0 unspecified atom stereocenters. The lowest BCUT2D eigenvalue weighted by atomic mass is 10.1. The third-order valence-electron chi connectivity index (χ3n) is 5.37. The molecule has 0 saturated carbocycles. The highest BCUT2D eigenvalue weighted by Gasteiger charge is 2.14. The number of anilines is 3. The molecule has 0 spiro atoms. The van der Waals surface area contributed by atoms with Gasteiger partial charge in [0.15, 0.2) is 0 Å². The molecule has 0 bridgehead atoms. The zero-order valence-corrected chi connectivity index (χ0v) is 17.9. The lowest BCUT2D eigenvalue weighted by Crippen LogP contribution is -2.10. The van der Waals surface area contributed by atoms with Crippen LogP contribution in [0.5, 0.6) is 0 Å². The molecule has 0 fully saturated rings. The van der Waals surface area contributed by atoms with E-state index in [2.05, 4.69) is 71.5 Å². The second-order valence-electron chi connectivity index (χ2n) is 7.40. The number of hydrogen-bond donors (Lipinski definition) is 0. The van der Waals surface area contributed by atoms with Gasteiger partial charge in [-0.05, 0) is 72.8 Å². The molecule has 10 heteroatoms. The van der Waals surface area contributed by atoms with Crippen LogP contribution in [-0.2, 0) is 0 Å². The second-order valence-corrected chi connectivity index (χ2v) is 7.40. The summed E-state index contributed by atoms with van der Waals surface area (Å²) in [6, 6.07) is 24.5. The maximum absolute atomic E-state index is 4.21. The molecule has 0 aliphatic carbocycles. The van der Waals surface area contributed by atoms with Crippen molar-refractivity contribution in [2.75, 3.05) is 4.90 Å². The Kier molecular flexibility index (Phi) is 4.85. The molecule has 0 saturated heterocycles. The van der Waals surface area contributed by atoms with Gasteiger partial charge < -0.3 is 4.90 Å². The first-order valence-electron chi connectivity index (χ1n) is 10.5. The predicted octanol–water partition coefficient (Wildman–Crippen LogP) is 3.90. The van der Waals surface area contributed by atoms with E-state index in [1.807, 2.05) is 36.4 Å². The third-order valence-corrected chi connectivity index (χ3v) is 5.37. The Morgan fingerprint density at radius 1 is 0.412 bits per heavy atom. The lowest BCUT2D eigenvalue weighted by Gasteiger charge is -2.26. The predicted molar refractivity (Wildman–Crippen MR) is 126 cm³/mol. The normalized spacial score (nSPS) is 10.9. The Bertz CT molecular complexity index is 1270. The van der Waals surface area contributed by atoms with Gasteiger partial charge in [0.25, 0.3) is 0 Å². The molecular formula is C24H18N10. The van der Waals surface area contributed by atoms with E-state index in [-0.39, 0.29) is 0 Å². The van der Waals surface area contributed by atoms with Gasteiger partial charge in [0, 0.05) is 17.1 Å². The molecule has 0 aliphatic rings. The average molecular weight is 446 g/mol. The van der Waals surface area contributed by atoms with Crippen molar-refractivity contribution in [3.8, 4) is 17.1 Å². The quantitative estimate of drug-likeness (QED) is 0.383. The molecule has 10 nitrogen and oxygen atoms in total. The summed E-state index contributed by atoms with van der Waals surface area (Å²) in [6.07, 6.45) is 9.60. The molecule has 0 N–H and O–H groups in total. The van der Waals surface area contributed by atoms with Crippen molar-refractivity contribution in [3.63, 3.8) is 0 Å². The molecular weight excluding hydrogens is 428 g/mol. The Morgan fingerprint density at radius 2 is 0.706 bits per heavy atom. The van der Waals surface area contributed by atoms with Crippen LogP contribution in [-0.4, -0.2) is 44.3 Å². The molecule has 0 atom stereocenters. The Labute approximate surface area is 194 Å². The fourth-order valence-corrected chi connectivity index (χ4v) is 3.74. The van der Waals surface area contributed by atoms with Crippen molar-refractivity contribution in [1.29, 1.82) is 0 Å². The Hall–Kier alpha value is -5.12. The van der Waals surface area contributed by atoms with E-state index >= 15 is 0 Å². The van der Waals surface area contributed by atoms with Crippen molar-refractivity contribution in [1.82, 2.24) is 44.3 Å². The number of rotatable bonds is 6. The van der Waals surface area contributed by atoms with E-state index < -0.39 is 0 Å². The van der Waals surface area contributed by atoms with Crippen LogP contribution in [0.15, 0.2) is 111 Å². The molecule has 6 aromatic rings. The van der Waals surface area contributed by atoms with Crippen LogP contribution in [0.1, 0.15) is 0 Å². The highest BCUT2D eigenvalue weighted by atomic mass is 15.3. The number of hydrogen-bond acceptors (Lipinski definition) is 7. The molecule has 3 heterocycles. The smallest absolute Gasteiger partial charge is 0.138 e. The van der Waals surface area contributed by atoms with Gasteiger partial charge in [-0.1, -0.05) is 0 Å². The highest BCUT2D eigenvalue weighted by Crippen LogP contribution is 2.35. The van der Waals surface area contributed by atoms with Gasteiger partial charge in [-0.3, -0.25) is 0 Å². The molecule has 164 valence electrons. The summed E-state index contributed by atoms with van der Waals surface area (Å²) in [7, 11) is 0. The van der Waals surface area contributed by atoms with E-state index in [0.717, 1.165) is 34.1 Å². The summed E-state index contributed by atoms with van der Waals surface area (Å²) >= 11 is 0. The number of aromatic nitrogens is 9. The summed E-state index contributed by atoms with van der Waals surface area (Å²) in [5.74, 6) is 0. The van der Waals surface area contributed by atoms with Crippen molar-refractivity contribution < 1.29 is 0 Å². The maximum atomic E-state index is 4.21. The summed E-state index contributed by atoms with van der Waals surface area (Å²) < 4.78 is 5.19. The first kappa shape index (κ1) is 19.6. The van der Waals surface area contributed by atoms with Crippen molar-refractivity contribution in [3.05, 3.63) is 111 Å². The monoisotopic (exact) mass is 446 g/mol. The molecule has 3 aromatic carbocycles. The maximum Gasteiger partial charge on any atom is 0.138 e. The van der Waals surface area contributed by atoms with Crippen LogP contribution in [0.25, 0.3) is 17.1 Å². The van der Waals surface area contributed by atoms with Crippen LogP contribution >= 0.6 is 0 Å². The Morgan fingerprint density at radius 3 is 0.941 bits per heavy atom. The van der Waals surface area contributed by atoms with Crippen LogP contribution in [0, 0.1) is 0 Å². The zero-order valence-electron chi connectivity index (χ0n) is 17.9. The molecule has 0 aliphatic heterocycles. The van der Waals surface area contributed by atoms with Crippen molar-refractivity contribution in [2.45, 2.75) is 0 Å². The van der Waals surface area contributed by atoms with Crippen molar-refractivity contribution in [2.24, 2.45) is 0 Å². The van der Waals surface area contributed by atoms with Crippen molar-refractivity contribution >= 4 is 17.1 Å². The lowest BCUT2D eigenvalue weighted by molar-refractivity contribution is 0.877. The van der Waals surface area contributed by atoms with Gasteiger partial charge >= 0.3 is 0 Å². The van der Waals surface area contributed by atoms with E-state index in [1.165, 1.54) is 19.0 Å². The number of nitrogens with zero attached hydrogens (tertiary/aromatic N) is 10. The number of benzene rings is 3. The van der Waals surface area contributed by atoms with Gasteiger partial charge in [0.05, 0.1) is 17.1 Å². The van der Waals surface area contributed by atoms with Gasteiger partial charge in [-0.25, -0.2) is 29.0 Å². The van der Waals surface area contributed by atoms with E-state index in [4.69, 9.17) is 0 Å². The standard InChI is InChI=1S/C24H18N10/c1-7-22(8-2-19(1)31-16-25-13-28-31)34(23-9-3-20(4-10-23)32-17-26-14-29-32)24-11-5-21(6-12-24)33-18-27-15-30-33/h1-18H. The first-order valence-corrected chi connectivity index (χ1v) is 10.5. The molecule has 0 amide bonds. The molecule has 6 rings (SSSR count). The van der Waals surface area contributed by atoms with Crippen LogP contribution < -0.4 is 4.90 Å². The molecule has 0 radical (unpaired) electrons. The van der Waals surface area contributed by atoms with Gasteiger partial charge in [0.2, 0.25) is 0 Å². The van der Waals surface area contributed by atoms with E-state index in [1.54, 1.807) is 33.0 Å². The van der Waals surface area contributed by atoms with Gasteiger partial charge in [0.1, 0.15) is 38.0 Å². The SMILES string of the molecule is c1ncn(-c2ccc(N(c3ccc(-n4cncn4)cc3)c3ccc(-n4cncn4)cc3)cc2)n1. The molecule has 3 aromatic heterocycles. The summed E-state index contributed by atoms with van der Waals surface area (Å²) in [4.78, 5) is 14.3. The third kappa shape index (κ3) is 3.69. The topological polar surface area (TPSA) is 95.4 Å². The first-order chi connectivity index (χ1) is 16.8. The highest BCUT2D eigenvalue weighted by molar-refractivity contribution is 5.77. The summed E-state index contributed by atoms with van der Waals surface area (Å²) in [6.45, 7) is 0. The van der Waals surface area contributed by atoms with Gasteiger partial charge in [-0.2, -0.15) is 15.3 Å². The minimum Gasteiger partial charge on any atom is -0.310 e. The van der Waals surface area contributed by atoms with E-state index in [0.29, 0.717) is 0 Å². The summed E-state index contributed by atoms with van der Waals surface area (Å²) in [5.41, 5.74) is 5.82. The fourth-order valence-electron chi connectivity index (χ4n) is 3.74. The molecule has 34 heavy (non-hydrogen) atoms. The average Bonchev–Trinajstić information content (AvgIpc) is 3.69. The van der Waals surface area contributed by atoms with E-state index in [9.17, 15) is 0 Å². The minimum atomic E-state index is 0.935. The van der Waals surface area contributed by atoms with Gasteiger partial charge in [-0.15, -0.1) is 0 Å². The minimum absolute atomic E-state index is 0.935. The zero-order chi connectivity index (χ0) is 22.7. The summed E-state index contributed by atoms with van der Waals surface area (Å²) in [5, 5.41) is 12.6. The van der Waals surface area contributed by atoms with Crippen LogP contribution in [0.2, 0.25) is 0 Å². The second kappa shape index (κ2) is 8.43. The van der Waals surface area contributed by atoms with Crippen LogP contribution in [0.3, 0.4) is 0 Å². The Balaban J connectivity index is 1.39. The largest absolute Gasteiger partial charge is 0.310 e. The van der Waals surface area contributed by atoms with Crippen LogP contribution in [0.4, 0.5) is 17.1 Å².